The van der Waals surface area contributed by atoms with Crippen LogP contribution in [-0.4, -0.2) is 18.3 Å². The number of anilines is 2. The molecule has 0 radical (unpaired) electrons. The van der Waals surface area contributed by atoms with E-state index < -0.39 is 0 Å². The highest BCUT2D eigenvalue weighted by atomic mass is 16.7. The van der Waals surface area contributed by atoms with Crippen molar-refractivity contribution in [2.24, 2.45) is 0 Å². The Hall–Kier alpha value is -3.34. The van der Waals surface area contributed by atoms with E-state index in [4.69, 9.17) is 9.31 Å². The molecule has 0 amide bonds. The highest BCUT2D eigenvalue weighted by molar-refractivity contribution is 6.62. The monoisotopic (exact) mass is 447 g/mol. The molecule has 1 aliphatic rings. The molecule has 1 aliphatic heterocycles. The van der Waals surface area contributed by atoms with E-state index in [0.29, 0.717) is 0 Å². The van der Waals surface area contributed by atoms with Crippen LogP contribution in [0.15, 0.2) is 103 Å². The number of hydrogen-bond donors (Lipinski definition) is 1. The molecule has 5 rings (SSSR count). The van der Waals surface area contributed by atoms with Crippen molar-refractivity contribution in [3.05, 3.63) is 103 Å². The van der Waals surface area contributed by atoms with Gasteiger partial charge in [0.15, 0.2) is 0 Å². The number of rotatable bonds is 5. The molecule has 34 heavy (non-hydrogen) atoms. The Labute approximate surface area is 202 Å². The van der Waals surface area contributed by atoms with Gasteiger partial charge in [-0.25, -0.2) is 0 Å². The van der Waals surface area contributed by atoms with Crippen molar-refractivity contribution in [1.82, 2.24) is 0 Å². The zero-order valence-electron chi connectivity index (χ0n) is 20.2. The normalized spacial score (nSPS) is 16.4. The van der Waals surface area contributed by atoms with Crippen molar-refractivity contribution in [1.29, 1.82) is 0 Å². The summed E-state index contributed by atoms with van der Waals surface area (Å²) in [7, 11) is -0.334. The predicted molar refractivity (Wildman–Crippen MR) is 143 cm³/mol. The van der Waals surface area contributed by atoms with Crippen LogP contribution in [0.3, 0.4) is 0 Å². The zero-order valence-corrected chi connectivity index (χ0v) is 20.2. The Morgan fingerprint density at radius 3 is 1.32 bits per heavy atom. The van der Waals surface area contributed by atoms with Gasteiger partial charge >= 0.3 is 7.12 Å². The Morgan fingerprint density at radius 1 is 0.500 bits per heavy atom. The van der Waals surface area contributed by atoms with E-state index in [9.17, 15) is 0 Å². The van der Waals surface area contributed by atoms with Crippen molar-refractivity contribution in [3.63, 3.8) is 0 Å². The third-order valence-corrected chi connectivity index (χ3v) is 6.94. The maximum Gasteiger partial charge on any atom is 0.494 e. The average molecular weight is 447 g/mol. The van der Waals surface area contributed by atoms with Crippen LogP contribution in [0.4, 0.5) is 11.4 Å². The maximum atomic E-state index is 6.17. The smallest absolute Gasteiger partial charge is 0.399 e. The quantitative estimate of drug-likeness (QED) is 0.332. The summed E-state index contributed by atoms with van der Waals surface area (Å²) in [6.45, 7) is 8.31. The molecule has 0 aliphatic carbocycles. The lowest BCUT2D eigenvalue weighted by Gasteiger charge is -2.32. The minimum atomic E-state index is -0.334. The summed E-state index contributed by atoms with van der Waals surface area (Å²) in [5, 5.41) is 3.49. The number of benzene rings is 4. The first-order valence-corrected chi connectivity index (χ1v) is 11.8. The fraction of sp³-hybridized carbons (Fsp3) is 0.200. The summed E-state index contributed by atoms with van der Waals surface area (Å²) < 4.78 is 12.3. The summed E-state index contributed by atoms with van der Waals surface area (Å²) in [6, 6.07) is 35.9. The molecule has 0 saturated carbocycles. The Kier molecular flexibility index (Phi) is 5.80. The summed E-state index contributed by atoms with van der Waals surface area (Å²) >= 11 is 0. The van der Waals surface area contributed by atoms with Gasteiger partial charge in [0, 0.05) is 11.4 Å². The lowest BCUT2D eigenvalue weighted by atomic mass is 9.78. The fourth-order valence-electron chi connectivity index (χ4n) is 4.10. The molecule has 1 saturated heterocycles. The molecule has 0 spiro atoms. The minimum Gasteiger partial charge on any atom is -0.399 e. The molecule has 3 nitrogen and oxygen atoms in total. The van der Waals surface area contributed by atoms with Gasteiger partial charge in [-0.1, -0.05) is 78.9 Å². The standard InChI is InChI=1S/C30H30BNO2/c1-29(2)30(3,4)34-31(33-29)26-16-10-23(11-17-26)25-14-20-28(21-15-25)32-27-18-12-24(13-19-27)22-8-6-5-7-9-22/h5-21,32H,1-4H3. The summed E-state index contributed by atoms with van der Waals surface area (Å²) in [4.78, 5) is 0. The Balaban J connectivity index is 1.25. The van der Waals surface area contributed by atoms with Crippen molar-refractivity contribution in [2.75, 3.05) is 5.32 Å². The first kappa shape index (κ1) is 22.5. The first-order chi connectivity index (χ1) is 16.3. The minimum absolute atomic E-state index is 0.332. The van der Waals surface area contributed by atoms with Gasteiger partial charge in [-0.2, -0.15) is 0 Å². The van der Waals surface area contributed by atoms with Crippen molar-refractivity contribution in [2.45, 2.75) is 38.9 Å². The van der Waals surface area contributed by atoms with E-state index in [0.717, 1.165) is 16.8 Å². The highest BCUT2D eigenvalue weighted by Crippen LogP contribution is 2.36. The van der Waals surface area contributed by atoms with Crippen LogP contribution < -0.4 is 10.8 Å². The van der Waals surface area contributed by atoms with E-state index in [1.807, 2.05) is 6.07 Å². The molecular weight excluding hydrogens is 417 g/mol. The fourth-order valence-corrected chi connectivity index (χ4v) is 4.10. The average Bonchev–Trinajstić information content (AvgIpc) is 3.07. The second kappa shape index (κ2) is 8.79. The highest BCUT2D eigenvalue weighted by Gasteiger charge is 2.51. The molecule has 170 valence electrons. The van der Waals surface area contributed by atoms with E-state index in [1.54, 1.807) is 0 Å². The van der Waals surface area contributed by atoms with E-state index in [-0.39, 0.29) is 18.3 Å². The molecule has 0 atom stereocenters. The van der Waals surface area contributed by atoms with Crippen LogP contribution in [0.2, 0.25) is 0 Å². The maximum absolute atomic E-state index is 6.17. The molecule has 0 bridgehead atoms. The van der Waals surface area contributed by atoms with Crippen molar-refractivity contribution < 1.29 is 9.31 Å². The zero-order chi connectivity index (χ0) is 23.8. The third-order valence-electron chi connectivity index (χ3n) is 6.94. The van der Waals surface area contributed by atoms with Gasteiger partial charge in [-0.05, 0) is 79.7 Å². The van der Waals surface area contributed by atoms with Crippen LogP contribution in [0.1, 0.15) is 27.7 Å². The Morgan fingerprint density at radius 2 is 0.882 bits per heavy atom. The van der Waals surface area contributed by atoms with Crippen LogP contribution >= 0.6 is 0 Å². The number of hydrogen-bond acceptors (Lipinski definition) is 3. The second-order valence-corrected chi connectivity index (χ2v) is 9.86. The molecule has 4 aromatic rings. The molecule has 1 N–H and O–H groups in total. The Bertz CT molecular complexity index is 1230. The van der Waals surface area contributed by atoms with Crippen LogP contribution in [0.5, 0.6) is 0 Å². The second-order valence-electron chi connectivity index (χ2n) is 9.86. The van der Waals surface area contributed by atoms with Gasteiger partial charge in [0.25, 0.3) is 0 Å². The number of nitrogens with one attached hydrogen (secondary N) is 1. The van der Waals surface area contributed by atoms with Gasteiger partial charge in [0.1, 0.15) is 0 Å². The largest absolute Gasteiger partial charge is 0.494 e. The molecule has 0 aromatic heterocycles. The summed E-state index contributed by atoms with van der Waals surface area (Å²) in [5.41, 5.74) is 7.28. The molecule has 4 aromatic carbocycles. The van der Waals surface area contributed by atoms with Gasteiger partial charge in [-0.3, -0.25) is 0 Å². The molecule has 4 heteroatoms. The van der Waals surface area contributed by atoms with Gasteiger partial charge in [0.05, 0.1) is 11.2 Å². The van der Waals surface area contributed by atoms with Gasteiger partial charge < -0.3 is 14.6 Å². The SMILES string of the molecule is CC1(C)OB(c2ccc(-c3ccc(Nc4ccc(-c5ccccc5)cc4)cc3)cc2)OC1(C)C. The van der Waals surface area contributed by atoms with E-state index >= 15 is 0 Å². The molecular formula is C30H30BNO2. The van der Waals surface area contributed by atoms with Crippen LogP contribution in [-0.2, 0) is 9.31 Å². The summed E-state index contributed by atoms with van der Waals surface area (Å²) in [6.07, 6.45) is 0. The predicted octanol–water partition coefficient (Wildman–Crippen LogP) is 7.06. The molecule has 1 fully saturated rings. The van der Waals surface area contributed by atoms with Crippen LogP contribution in [0.25, 0.3) is 22.3 Å². The molecule has 0 unspecified atom stereocenters. The lowest BCUT2D eigenvalue weighted by molar-refractivity contribution is 0.00578. The third kappa shape index (κ3) is 4.52. The van der Waals surface area contributed by atoms with E-state index in [2.05, 4.69) is 130 Å². The first-order valence-electron chi connectivity index (χ1n) is 11.8. The van der Waals surface area contributed by atoms with Gasteiger partial charge in [0.2, 0.25) is 0 Å². The van der Waals surface area contributed by atoms with Gasteiger partial charge in [-0.15, -0.1) is 0 Å². The van der Waals surface area contributed by atoms with Crippen molar-refractivity contribution >= 4 is 24.0 Å². The topological polar surface area (TPSA) is 30.5 Å². The van der Waals surface area contributed by atoms with Crippen molar-refractivity contribution in [3.8, 4) is 22.3 Å². The lowest BCUT2D eigenvalue weighted by Crippen LogP contribution is -2.41. The van der Waals surface area contributed by atoms with E-state index in [1.165, 1.54) is 22.3 Å². The molecule has 1 heterocycles. The summed E-state index contributed by atoms with van der Waals surface area (Å²) in [5.74, 6) is 0. The van der Waals surface area contributed by atoms with Crippen LogP contribution in [0, 0.1) is 0 Å².